The van der Waals surface area contributed by atoms with Crippen molar-refractivity contribution in [1.29, 1.82) is 0 Å². The summed E-state index contributed by atoms with van der Waals surface area (Å²) in [7, 11) is 0. The summed E-state index contributed by atoms with van der Waals surface area (Å²) in [6.07, 6.45) is 4.67. The lowest BCUT2D eigenvalue weighted by molar-refractivity contribution is -0.131. The lowest BCUT2D eigenvalue weighted by atomic mass is 9.97. The smallest absolute Gasteiger partial charge is 0.227 e. The highest BCUT2D eigenvalue weighted by Crippen LogP contribution is 2.29. The maximum Gasteiger partial charge on any atom is 0.227 e. The summed E-state index contributed by atoms with van der Waals surface area (Å²) in [6, 6.07) is 7.00. The van der Waals surface area contributed by atoms with E-state index in [9.17, 15) is 9.18 Å². The van der Waals surface area contributed by atoms with E-state index in [4.69, 9.17) is 0 Å². The van der Waals surface area contributed by atoms with E-state index in [0.29, 0.717) is 17.5 Å². The topological polar surface area (TPSA) is 32.3 Å². The fourth-order valence-corrected chi connectivity index (χ4v) is 3.09. The molecule has 1 heterocycles. The first-order chi connectivity index (χ1) is 10.2. The monoisotopic (exact) mass is 290 g/mol. The number of nitrogens with zero attached hydrogens (tertiary/aromatic N) is 1. The molecule has 0 spiro atoms. The number of halogens is 1. The molecule has 0 bridgehead atoms. The normalized spacial score (nSPS) is 19.5. The van der Waals surface area contributed by atoms with Crippen molar-refractivity contribution in [3.8, 4) is 0 Å². The van der Waals surface area contributed by atoms with Gasteiger partial charge in [0.05, 0.1) is 6.42 Å². The Morgan fingerprint density at radius 2 is 1.90 bits per heavy atom. The van der Waals surface area contributed by atoms with E-state index < -0.39 is 0 Å². The third kappa shape index (κ3) is 3.82. The molecule has 3 rings (SSSR count). The zero-order valence-electron chi connectivity index (χ0n) is 12.4. The summed E-state index contributed by atoms with van der Waals surface area (Å²) in [5.41, 5.74) is 0.512. The molecule has 0 radical (unpaired) electrons. The number of carbonyl (C=O) groups excluding carboxylic acids is 1. The van der Waals surface area contributed by atoms with Gasteiger partial charge in [0.25, 0.3) is 0 Å². The van der Waals surface area contributed by atoms with Crippen LogP contribution in [-0.4, -0.2) is 36.5 Å². The van der Waals surface area contributed by atoms with Crippen LogP contribution in [0.25, 0.3) is 0 Å². The Labute approximate surface area is 125 Å². The third-order valence-corrected chi connectivity index (χ3v) is 4.52. The summed E-state index contributed by atoms with van der Waals surface area (Å²) in [4.78, 5) is 14.6. The first-order valence-corrected chi connectivity index (χ1v) is 7.97. The fraction of sp³-hybridized carbons (Fsp3) is 0.588. The largest absolute Gasteiger partial charge is 0.339 e. The Morgan fingerprint density at radius 3 is 2.57 bits per heavy atom. The predicted molar refractivity (Wildman–Crippen MR) is 80.4 cm³/mol. The van der Waals surface area contributed by atoms with Crippen molar-refractivity contribution in [3.63, 3.8) is 0 Å². The second-order valence-corrected chi connectivity index (χ2v) is 6.24. The van der Waals surface area contributed by atoms with Gasteiger partial charge in [-0.3, -0.25) is 4.79 Å². The summed E-state index contributed by atoms with van der Waals surface area (Å²) < 4.78 is 13.7. The molecule has 1 saturated heterocycles. The van der Waals surface area contributed by atoms with Crippen molar-refractivity contribution in [1.82, 2.24) is 10.2 Å². The summed E-state index contributed by atoms with van der Waals surface area (Å²) in [6.45, 7) is 2.94. The van der Waals surface area contributed by atoms with E-state index in [-0.39, 0.29) is 18.1 Å². The van der Waals surface area contributed by atoms with Crippen molar-refractivity contribution in [2.45, 2.75) is 38.1 Å². The second-order valence-electron chi connectivity index (χ2n) is 6.24. The molecule has 114 valence electrons. The number of carbonyl (C=O) groups is 1. The number of rotatable bonds is 5. The summed E-state index contributed by atoms with van der Waals surface area (Å²) >= 11 is 0. The van der Waals surface area contributed by atoms with Gasteiger partial charge in [-0.2, -0.15) is 0 Å². The van der Waals surface area contributed by atoms with Crippen LogP contribution in [0.2, 0.25) is 0 Å². The Kier molecular flexibility index (Phi) is 4.54. The second kappa shape index (κ2) is 6.56. The zero-order valence-corrected chi connectivity index (χ0v) is 12.4. The molecule has 1 aromatic rings. The first kappa shape index (κ1) is 14.5. The molecule has 0 aromatic heterocycles. The highest BCUT2D eigenvalue weighted by atomic mass is 19.1. The van der Waals surface area contributed by atoms with Crippen LogP contribution in [0.3, 0.4) is 0 Å². The number of hydrogen-bond acceptors (Lipinski definition) is 2. The van der Waals surface area contributed by atoms with Gasteiger partial charge >= 0.3 is 0 Å². The quantitative estimate of drug-likeness (QED) is 0.903. The molecule has 0 atom stereocenters. The standard InChI is InChI=1S/C17H23FN2O/c18-16-4-2-1-3-14(16)11-17(21)20(15-5-6-15)12-13-7-9-19-10-8-13/h1-4,13,15,19H,5-12H2. The molecule has 3 nitrogen and oxygen atoms in total. The van der Waals surface area contributed by atoms with Gasteiger partial charge in [0, 0.05) is 12.6 Å². The van der Waals surface area contributed by atoms with Crippen molar-refractivity contribution >= 4 is 5.91 Å². The molecular formula is C17H23FN2O. The maximum atomic E-state index is 13.7. The van der Waals surface area contributed by atoms with Crippen LogP contribution in [0.4, 0.5) is 4.39 Å². The molecule has 2 fully saturated rings. The van der Waals surface area contributed by atoms with E-state index in [2.05, 4.69) is 5.32 Å². The minimum Gasteiger partial charge on any atom is -0.339 e. The minimum absolute atomic E-state index is 0.0844. The fourth-order valence-electron chi connectivity index (χ4n) is 3.09. The average Bonchev–Trinajstić information content (AvgIpc) is 3.33. The molecule has 2 aliphatic rings. The van der Waals surface area contributed by atoms with Gasteiger partial charge in [0.2, 0.25) is 5.91 Å². The van der Waals surface area contributed by atoms with E-state index >= 15 is 0 Å². The molecule has 1 aliphatic heterocycles. The Hall–Kier alpha value is -1.42. The molecule has 0 unspecified atom stereocenters. The van der Waals surface area contributed by atoms with Crippen molar-refractivity contribution in [3.05, 3.63) is 35.6 Å². The van der Waals surface area contributed by atoms with Crippen LogP contribution in [0.1, 0.15) is 31.2 Å². The van der Waals surface area contributed by atoms with Gasteiger partial charge in [-0.15, -0.1) is 0 Å². The Bertz CT molecular complexity index is 495. The van der Waals surface area contributed by atoms with Crippen LogP contribution in [0, 0.1) is 11.7 Å². The van der Waals surface area contributed by atoms with E-state index in [1.165, 1.54) is 6.07 Å². The number of nitrogens with one attached hydrogen (secondary N) is 1. The average molecular weight is 290 g/mol. The molecule has 1 saturated carbocycles. The van der Waals surface area contributed by atoms with Gasteiger partial charge in [0.1, 0.15) is 5.82 Å². The summed E-state index contributed by atoms with van der Waals surface area (Å²) in [5.74, 6) is 0.404. The Balaban J connectivity index is 1.63. The molecule has 1 N–H and O–H groups in total. The van der Waals surface area contributed by atoms with Crippen LogP contribution in [-0.2, 0) is 11.2 Å². The highest BCUT2D eigenvalue weighted by Gasteiger charge is 2.34. The van der Waals surface area contributed by atoms with E-state index in [1.54, 1.807) is 18.2 Å². The lowest BCUT2D eigenvalue weighted by Crippen LogP contribution is -2.41. The molecule has 1 amide bonds. The number of piperidine rings is 1. The van der Waals surface area contributed by atoms with Crippen LogP contribution in [0.15, 0.2) is 24.3 Å². The van der Waals surface area contributed by atoms with Gasteiger partial charge in [-0.25, -0.2) is 4.39 Å². The SMILES string of the molecule is O=C(Cc1ccccc1F)N(CC1CCNCC1)C1CC1. The lowest BCUT2D eigenvalue weighted by Gasteiger charge is -2.30. The van der Waals surface area contributed by atoms with Crippen LogP contribution in [0.5, 0.6) is 0 Å². The minimum atomic E-state index is -0.275. The molecule has 1 aromatic carbocycles. The molecule has 1 aliphatic carbocycles. The third-order valence-electron chi connectivity index (χ3n) is 4.52. The Morgan fingerprint density at radius 1 is 1.19 bits per heavy atom. The first-order valence-electron chi connectivity index (χ1n) is 7.97. The van der Waals surface area contributed by atoms with E-state index in [1.807, 2.05) is 4.90 Å². The van der Waals surface area contributed by atoms with Gasteiger partial charge < -0.3 is 10.2 Å². The zero-order chi connectivity index (χ0) is 14.7. The molecule has 21 heavy (non-hydrogen) atoms. The molecular weight excluding hydrogens is 267 g/mol. The van der Waals surface area contributed by atoms with Gasteiger partial charge in [-0.1, -0.05) is 18.2 Å². The van der Waals surface area contributed by atoms with Crippen LogP contribution < -0.4 is 5.32 Å². The van der Waals surface area contributed by atoms with Gasteiger partial charge in [-0.05, 0) is 56.3 Å². The molecule has 4 heteroatoms. The van der Waals surface area contributed by atoms with Crippen molar-refractivity contribution in [2.75, 3.05) is 19.6 Å². The van der Waals surface area contributed by atoms with Crippen molar-refractivity contribution in [2.24, 2.45) is 5.92 Å². The highest BCUT2D eigenvalue weighted by molar-refractivity contribution is 5.79. The summed E-state index contributed by atoms with van der Waals surface area (Å²) in [5, 5.41) is 3.36. The van der Waals surface area contributed by atoms with Crippen LogP contribution >= 0.6 is 0 Å². The van der Waals surface area contributed by atoms with Gasteiger partial charge in [0.15, 0.2) is 0 Å². The number of hydrogen-bond donors (Lipinski definition) is 1. The van der Waals surface area contributed by atoms with Crippen molar-refractivity contribution < 1.29 is 9.18 Å². The van der Waals surface area contributed by atoms with E-state index in [0.717, 1.165) is 45.3 Å². The predicted octanol–water partition coefficient (Wildman–Crippen LogP) is 2.36. The number of amides is 1. The number of benzene rings is 1. The maximum absolute atomic E-state index is 13.7.